The Labute approximate surface area is 162 Å². The normalized spacial score (nSPS) is 11.9. The van der Waals surface area contributed by atoms with Crippen molar-refractivity contribution >= 4 is 16.8 Å². The molecule has 0 fully saturated rings. The Balaban J connectivity index is 1.57. The van der Waals surface area contributed by atoms with E-state index in [1.54, 1.807) is 30.3 Å². The van der Waals surface area contributed by atoms with Crippen LogP contribution in [0.5, 0.6) is 0 Å². The van der Waals surface area contributed by atoms with Crippen LogP contribution in [0.2, 0.25) is 0 Å². The number of nitrogens with one attached hydrogen (secondary N) is 1. The maximum absolute atomic E-state index is 12.7. The number of carbonyl (C=O) groups is 1. The van der Waals surface area contributed by atoms with Gasteiger partial charge in [0, 0.05) is 5.56 Å². The van der Waals surface area contributed by atoms with Crippen LogP contribution in [0.3, 0.4) is 0 Å². The summed E-state index contributed by atoms with van der Waals surface area (Å²) in [5.74, 6) is -0.160. The SMILES string of the molecule is CC(NC(=O)c1ccc(-n2cnc3ccccc3c2=O)cc1)c1ccccc1. The zero-order valence-corrected chi connectivity index (χ0v) is 15.4. The monoisotopic (exact) mass is 369 g/mol. The minimum atomic E-state index is -0.160. The standard InChI is InChI=1S/C23H19N3O2/c1-16(17-7-3-2-4-8-17)25-22(27)18-11-13-19(14-12-18)26-15-24-21-10-6-5-9-20(21)23(26)28/h2-16H,1H3,(H,25,27). The van der Waals surface area contributed by atoms with Gasteiger partial charge in [-0.3, -0.25) is 14.2 Å². The Morgan fingerprint density at radius 1 is 0.929 bits per heavy atom. The number of para-hydroxylation sites is 1. The molecule has 4 aromatic rings. The van der Waals surface area contributed by atoms with E-state index in [1.807, 2.05) is 55.5 Å². The third kappa shape index (κ3) is 3.42. The van der Waals surface area contributed by atoms with Crippen molar-refractivity contribution in [2.24, 2.45) is 0 Å². The number of hydrogen-bond donors (Lipinski definition) is 1. The van der Waals surface area contributed by atoms with Crippen molar-refractivity contribution in [1.29, 1.82) is 0 Å². The molecule has 0 spiro atoms. The fourth-order valence-corrected chi connectivity index (χ4v) is 3.13. The molecule has 28 heavy (non-hydrogen) atoms. The molecule has 3 aromatic carbocycles. The molecular weight excluding hydrogens is 350 g/mol. The van der Waals surface area contributed by atoms with E-state index < -0.39 is 0 Å². The average molecular weight is 369 g/mol. The van der Waals surface area contributed by atoms with Crippen LogP contribution in [0.25, 0.3) is 16.6 Å². The Bertz CT molecular complexity index is 1180. The highest BCUT2D eigenvalue weighted by Gasteiger charge is 2.12. The number of aromatic nitrogens is 2. The average Bonchev–Trinajstić information content (AvgIpc) is 2.75. The molecule has 5 nitrogen and oxygen atoms in total. The molecule has 1 aromatic heterocycles. The molecule has 1 atom stereocenters. The topological polar surface area (TPSA) is 64.0 Å². The van der Waals surface area contributed by atoms with Gasteiger partial charge >= 0.3 is 0 Å². The van der Waals surface area contributed by atoms with E-state index in [-0.39, 0.29) is 17.5 Å². The fraction of sp³-hybridized carbons (Fsp3) is 0.0870. The second-order valence-electron chi connectivity index (χ2n) is 6.59. The minimum Gasteiger partial charge on any atom is -0.346 e. The van der Waals surface area contributed by atoms with Gasteiger partial charge in [-0.15, -0.1) is 0 Å². The van der Waals surface area contributed by atoms with E-state index in [4.69, 9.17) is 0 Å². The number of hydrogen-bond acceptors (Lipinski definition) is 3. The highest BCUT2D eigenvalue weighted by molar-refractivity contribution is 5.94. The van der Waals surface area contributed by atoms with Gasteiger partial charge in [-0.1, -0.05) is 42.5 Å². The lowest BCUT2D eigenvalue weighted by atomic mass is 10.1. The molecular formula is C23H19N3O2. The zero-order valence-electron chi connectivity index (χ0n) is 15.4. The van der Waals surface area contributed by atoms with Gasteiger partial charge in [0.25, 0.3) is 11.5 Å². The first-order valence-corrected chi connectivity index (χ1v) is 9.06. The van der Waals surface area contributed by atoms with Crippen LogP contribution in [0.4, 0.5) is 0 Å². The van der Waals surface area contributed by atoms with E-state index in [0.29, 0.717) is 22.2 Å². The first-order valence-electron chi connectivity index (χ1n) is 9.06. The lowest BCUT2D eigenvalue weighted by Crippen LogP contribution is -2.26. The molecule has 1 unspecified atom stereocenters. The molecule has 0 saturated heterocycles. The smallest absolute Gasteiger partial charge is 0.265 e. The molecule has 0 radical (unpaired) electrons. The van der Waals surface area contributed by atoms with Crippen molar-refractivity contribution in [2.45, 2.75) is 13.0 Å². The van der Waals surface area contributed by atoms with Crippen LogP contribution < -0.4 is 10.9 Å². The predicted molar refractivity (Wildman–Crippen MR) is 110 cm³/mol. The van der Waals surface area contributed by atoms with E-state index in [1.165, 1.54) is 10.9 Å². The van der Waals surface area contributed by atoms with Crippen molar-refractivity contribution in [3.8, 4) is 5.69 Å². The molecule has 0 aliphatic carbocycles. The van der Waals surface area contributed by atoms with Crippen molar-refractivity contribution in [2.75, 3.05) is 0 Å². The second kappa shape index (κ2) is 7.48. The maximum atomic E-state index is 12.7. The molecule has 0 bridgehead atoms. The lowest BCUT2D eigenvalue weighted by molar-refractivity contribution is 0.0940. The van der Waals surface area contributed by atoms with Gasteiger partial charge in [-0.05, 0) is 48.9 Å². The van der Waals surface area contributed by atoms with Crippen LogP contribution in [0.15, 0.2) is 90.0 Å². The third-order valence-corrected chi connectivity index (χ3v) is 4.72. The van der Waals surface area contributed by atoms with Crippen LogP contribution >= 0.6 is 0 Å². The summed E-state index contributed by atoms with van der Waals surface area (Å²) in [6, 6.07) is 23.9. The van der Waals surface area contributed by atoms with Gasteiger partial charge in [0.1, 0.15) is 6.33 Å². The lowest BCUT2D eigenvalue weighted by Gasteiger charge is -2.14. The molecule has 1 N–H and O–H groups in total. The first kappa shape index (κ1) is 17.7. The summed E-state index contributed by atoms with van der Waals surface area (Å²) < 4.78 is 1.48. The summed E-state index contributed by atoms with van der Waals surface area (Å²) in [4.78, 5) is 29.6. The molecule has 1 heterocycles. The minimum absolute atomic E-state index is 0.0966. The highest BCUT2D eigenvalue weighted by atomic mass is 16.1. The molecule has 138 valence electrons. The van der Waals surface area contributed by atoms with Crippen molar-refractivity contribution in [3.05, 3.63) is 107 Å². The van der Waals surface area contributed by atoms with Crippen LogP contribution in [-0.4, -0.2) is 15.5 Å². The van der Waals surface area contributed by atoms with E-state index in [9.17, 15) is 9.59 Å². The van der Waals surface area contributed by atoms with Gasteiger partial charge in [-0.2, -0.15) is 0 Å². The highest BCUT2D eigenvalue weighted by Crippen LogP contribution is 2.14. The van der Waals surface area contributed by atoms with Crippen LogP contribution in [0, 0.1) is 0 Å². The summed E-state index contributed by atoms with van der Waals surface area (Å²) in [6.45, 7) is 1.95. The van der Waals surface area contributed by atoms with Gasteiger partial charge in [0.05, 0.1) is 22.6 Å². The van der Waals surface area contributed by atoms with Crippen molar-refractivity contribution in [3.63, 3.8) is 0 Å². The quantitative estimate of drug-likeness (QED) is 0.594. The zero-order chi connectivity index (χ0) is 19.5. The maximum Gasteiger partial charge on any atom is 0.265 e. The Morgan fingerprint density at radius 2 is 1.61 bits per heavy atom. The van der Waals surface area contributed by atoms with E-state index in [2.05, 4.69) is 10.3 Å². The molecule has 0 aliphatic heterocycles. The third-order valence-electron chi connectivity index (χ3n) is 4.72. The predicted octanol–water partition coefficient (Wildman–Crippen LogP) is 3.88. The number of amides is 1. The number of nitrogens with zero attached hydrogens (tertiary/aromatic N) is 2. The summed E-state index contributed by atoms with van der Waals surface area (Å²) in [6.07, 6.45) is 1.51. The second-order valence-corrected chi connectivity index (χ2v) is 6.59. The molecule has 4 rings (SSSR count). The summed E-state index contributed by atoms with van der Waals surface area (Å²) in [7, 11) is 0. The van der Waals surface area contributed by atoms with Gasteiger partial charge in [0.15, 0.2) is 0 Å². The van der Waals surface area contributed by atoms with Gasteiger partial charge in [0.2, 0.25) is 0 Å². The van der Waals surface area contributed by atoms with Gasteiger partial charge in [-0.25, -0.2) is 4.98 Å². The van der Waals surface area contributed by atoms with Gasteiger partial charge < -0.3 is 5.32 Å². The van der Waals surface area contributed by atoms with E-state index in [0.717, 1.165) is 5.56 Å². The Hall–Kier alpha value is -3.73. The molecule has 1 amide bonds. The first-order chi connectivity index (χ1) is 13.6. The summed E-state index contributed by atoms with van der Waals surface area (Å²) in [5, 5.41) is 3.55. The van der Waals surface area contributed by atoms with Crippen LogP contribution in [0.1, 0.15) is 28.9 Å². The summed E-state index contributed by atoms with van der Waals surface area (Å²) >= 11 is 0. The van der Waals surface area contributed by atoms with Crippen molar-refractivity contribution in [1.82, 2.24) is 14.9 Å². The summed E-state index contributed by atoms with van der Waals surface area (Å²) in [5.41, 5.74) is 2.76. The number of rotatable bonds is 4. The molecule has 0 aliphatic rings. The number of fused-ring (bicyclic) bond motifs is 1. The van der Waals surface area contributed by atoms with Crippen molar-refractivity contribution < 1.29 is 4.79 Å². The molecule has 5 heteroatoms. The Morgan fingerprint density at radius 3 is 2.36 bits per heavy atom. The molecule has 0 saturated carbocycles. The van der Waals surface area contributed by atoms with E-state index >= 15 is 0 Å². The largest absolute Gasteiger partial charge is 0.346 e. The number of carbonyl (C=O) groups excluding carboxylic acids is 1. The Kier molecular flexibility index (Phi) is 4.72. The van der Waals surface area contributed by atoms with Crippen LogP contribution in [-0.2, 0) is 0 Å². The fourth-order valence-electron chi connectivity index (χ4n) is 3.13. The number of benzene rings is 3.